The van der Waals surface area contributed by atoms with Crippen molar-refractivity contribution in [1.82, 2.24) is 5.32 Å². The minimum atomic E-state index is -0.506. The van der Waals surface area contributed by atoms with E-state index in [1.165, 1.54) is 5.56 Å². The highest BCUT2D eigenvalue weighted by Gasteiger charge is 2.12. The van der Waals surface area contributed by atoms with E-state index in [0.29, 0.717) is 12.5 Å². The molecule has 1 aromatic carbocycles. The second-order valence-corrected chi connectivity index (χ2v) is 5.48. The first-order valence-corrected chi connectivity index (χ1v) is 7.12. The van der Waals surface area contributed by atoms with Crippen LogP contribution in [-0.4, -0.2) is 11.7 Å². The van der Waals surface area contributed by atoms with Gasteiger partial charge in [-0.1, -0.05) is 38.1 Å². The van der Waals surface area contributed by atoms with E-state index in [4.69, 9.17) is 4.42 Å². The molecule has 1 aromatic heterocycles. The second kappa shape index (κ2) is 6.73. The molecule has 2 N–H and O–H groups in total. The molecule has 1 unspecified atom stereocenters. The molecule has 0 saturated carbocycles. The van der Waals surface area contributed by atoms with Gasteiger partial charge in [0.05, 0.1) is 18.4 Å². The van der Waals surface area contributed by atoms with E-state index in [-0.39, 0.29) is 6.04 Å². The van der Waals surface area contributed by atoms with E-state index in [2.05, 4.69) is 31.3 Å². The van der Waals surface area contributed by atoms with Crippen LogP contribution >= 0.6 is 0 Å². The van der Waals surface area contributed by atoms with Gasteiger partial charge in [-0.05, 0) is 36.1 Å². The molecule has 0 saturated heterocycles. The molecule has 0 fully saturated rings. The lowest BCUT2D eigenvalue weighted by Gasteiger charge is -2.16. The second-order valence-electron chi connectivity index (χ2n) is 5.48. The highest BCUT2D eigenvalue weighted by atomic mass is 16.3. The SMILES string of the molecule is CC(C)c1ccc(C(O)CN[C@@H](C)c2ccco2)cc1. The number of aliphatic hydroxyl groups excluding tert-OH is 1. The van der Waals surface area contributed by atoms with E-state index < -0.39 is 6.10 Å². The highest BCUT2D eigenvalue weighted by Crippen LogP contribution is 2.19. The number of nitrogens with one attached hydrogen (secondary N) is 1. The van der Waals surface area contributed by atoms with Crippen LogP contribution in [0.1, 0.15) is 55.7 Å². The Bertz CT molecular complexity index is 502. The predicted octanol–water partition coefficient (Wildman–Crippen LogP) is 3.79. The standard InChI is InChI=1S/C17H23NO2/c1-12(2)14-6-8-15(9-7-14)16(19)11-18-13(3)17-5-4-10-20-17/h4-10,12-13,16,18-19H,11H2,1-3H3/t13-,16?/m0/s1. The fraction of sp³-hybridized carbons (Fsp3) is 0.412. The zero-order chi connectivity index (χ0) is 14.5. The van der Waals surface area contributed by atoms with Gasteiger partial charge in [0, 0.05) is 6.54 Å². The molecule has 3 nitrogen and oxygen atoms in total. The van der Waals surface area contributed by atoms with Gasteiger partial charge in [0.1, 0.15) is 5.76 Å². The maximum atomic E-state index is 10.2. The van der Waals surface area contributed by atoms with E-state index >= 15 is 0 Å². The van der Waals surface area contributed by atoms with E-state index in [9.17, 15) is 5.11 Å². The lowest BCUT2D eigenvalue weighted by atomic mass is 10.00. The zero-order valence-electron chi connectivity index (χ0n) is 12.3. The Kier molecular flexibility index (Phi) is 4.99. The molecule has 0 aliphatic carbocycles. The third-order valence-corrected chi connectivity index (χ3v) is 3.58. The Morgan fingerprint density at radius 3 is 2.25 bits per heavy atom. The molecule has 2 rings (SSSR count). The van der Waals surface area contributed by atoms with Crippen molar-refractivity contribution in [2.75, 3.05) is 6.54 Å². The molecule has 3 heteroatoms. The summed E-state index contributed by atoms with van der Waals surface area (Å²) >= 11 is 0. The van der Waals surface area contributed by atoms with Gasteiger partial charge >= 0.3 is 0 Å². The topological polar surface area (TPSA) is 45.4 Å². The van der Waals surface area contributed by atoms with Crippen molar-refractivity contribution in [3.8, 4) is 0 Å². The Morgan fingerprint density at radius 2 is 1.70 bits per heavy atom. The fourth-order valence-electron chi connectivity index (χ4n) is 2.15. The van der Waals surface area contributed by atoms with Crippen molar-refractivity contribution >= 4 is 0 Å². The maximum Gasteiger partial charge on any atom is 0.120 e. The molecule has 0 amide bonds. The Balaban J connectivity index is 1.89. The van der Waals surface area contributed by atoms with Crippen LogP contribution in [0.5, 0.6) is 0 Å². The van der Waals surface area contributed by atoms with Crippen molar-refractivity contribution in [2.45, 2.75) is 38.8 Å². The minimum Gasteiger partial charge on any atom is -0.468 e. The van der Waals surface area contributed by atoms with Gasteiger partial charge < -0.3 is 14.8 Å². The number of hydrogen-bond donors (Lipinski definition) is 2. The van der Waals surface area contributed by atoms with Crippen LogP contribution < -0.4 is 5.32 Å². The van der Waals surface area contributed by atoms with Gasteiger partial charge in [-0.3, -0.25) is 0 Å². The summed E-state index contributed by atoms with van der Waals surface area (Å²) in [6, 6.07) is 12.1. The van der Waals surface area contributed by atoms with Crippen molar-refractivity contribution in [1.29, 1.82) is 0 Å². The van der Waals surface area contributed by atoms with Gasteiger partial charge in [-0.25, -0.2) is 0 Å². The molecule has 1 heterocycles. The summed E-state index contributed by atoms with van der Waals surface area (Å²) in [6.07, 6.45) is 1.16. The van der Waals surface area contributed by atoms with E-state index in [1.54, 1.807) is 6.26 Å². The molecule has 0 radical (unpaired) electrons. The Morgan fingerprint density at radius 1 is 1.05 bits per heavy atom. The third kappa shape index (κ3) is 3.71. The largest absolute Gasteiger partial charge is 0.468 e. The van der Waals surface area contributed by atoms with Crippen LogP contribution in [0, 0.1) is 0 Å². The summed E-state index contributed by atoms with van der Waals surface area (Å²) in [7, 11) is 0. The van der Waals surface area contributed by atoms with Gasteiger partial charge in [0.15, 0.2) is 0 Å². The average Bonchev–Trinajstić information content (AvgIpc) is 2.98. The molecule has 0 bridgehead atoms. The van der Waals surface area contributed by atoms with E-state index in [1.807, 2.05) is 31.2 Å². The van der Waals surface area contributed by atoms with Crippen LogP contribution in [0.4, 0.5) is 0 Å². The smallest absolute Gasteiger partial charge is 0.120 e. The fourth-order valence-corrected chi connectivity index (χ4v) is 2.15. The molecule has 0 aliphatic rings. The van der Waals surface area contributed by atoms with Crippen LogP contribution in [0.25, 0.3) is 0 Å². The summed E-state index contributed by atoms with van der Waals surface area (Å²) < 4.78 is 5.33. The van der Waals surface area contributed by atoms with Gasteiger partial charge in [0.25, 0.3) is 0 Å². The first kappa shape index (κ1) is 14.8. The van der Waals surface area contributed by atoms with Gasteiger partial charge in [0.2, 0.25) is 0 Å². The number of benzene rings is 1. The molecule has 20 heavy (non-hydrogen) atoms. The van der Waals surface area contributed by atoms with Crippen molar-refractivity contribution in [2.24, 2.45) is 0 Å². The average molecular weight is 273 g/mol. The number of furan rings is 1. The molecular formula is C17H23NO2. The first-order chi connectivity index (χ1) is 9.58. The molecule has 0 aliphatic heterocycles. The first-order valence-electron chi connectivity index (χ1n) is 7.12. The maximum absolute atomic E-state index is 10.2. The summed E-state index contributed by atoms with van der Waals surface area (Å²) in [4.78, 5) is 0. The monoisotopic (exact) mass is 273 g/mol. The predicted molar refractivity (Wildman–Crippen MR) is 80.6 cm³/mol. The van der Waals surface area contributed by atoms with Crippen molar-refractivity contribution in [3.63, 3.8) is 0 Å². The van der Waals surface area contributed by atoms with E-state index in [0.717, 1.165) is 11.3 Å². The third-order valence-electron chi connectivity index (χ3n) is 3.58. The van der Waals surface area contributed by atoms with Gasteiger partial charge in [-0.15, -0.1) is 0 Å². The number of rotatable bonds is 6. The quantitative estimate of drug-likeness (QED) is 0.841. The lowest BCUT2D eigenvalue weighted by Crippen LogP contribution is -2.24. The zero-order valence-corrected chi connectivity index (χ0v) is 12.3. The summed E-state index contributed by atoms with van der Waals surface area (Å²) in [5, 5.41) is 13.5. The summed E-state index contributed by atoms with van der Waals surface area (Å²) in [5.74, 6) is 1.39. The molecule has 108 valence electrons. The minimum absolute atomic E-state index is 0.0922. The highest BCUT2D eigenvalue weighted by molar-refractivity contribution is 5.26. The summed E-state index contributed by atoms with van der Waals surface area (Å²) in [6.45, 7) is 6.85. The van der Waals surface area contributed by atoms with Crippen molar-refractivity contribution in [3.05, 3.63) is 59.5 Å². The summed E-state index contributed by atoms with van der Waals surface area (Å²) in [5.41, 5.74) is 2.23. The van der Waals surface area contributed by atoms with Crippen LogP contribution in [0.15, 0.2) is 47.1 Å². The number of hydrogen-bond acceptors (Lipinski definition) is 3. The van der Waals surface area contributed by atoms with Crippen LogP contribution in [-0.2, 0) is 0 Å². The lowest BCUT2D eigenvalue weighted by molar-refractivity contribution is 0.169. The Hall–Kier alpha value is -1.58. The molecule has 2 aromatic rings. The molecular weight excluding hydrogens is 250 g/mol. The normalized spacial score (nSPS) is 14.4. The Labute approximate surface area is 120 Å². The van der Waals surface area contributed by atoms with Crippen LogP contribution in [0.3, 0.4) is 0 Å². The molecule has 0 spiro atoms. The van der Waals surface area contributed by atoms with Crippen molar-refractivity contribution < 1.29 is 9.52 Å². The molecule has 2 atom stereocenters. The van der Waals surface area contributed by atoms with Crippen LogP contribution in [0.2, 0.25) is 0 Å². The van der Waals surface area contributed by atoms with Gasteiger partial charge in [-0.2, -0.15) is 0 Å². The number of aliphatic hydroxyl groups is 1.